The highest BCUT2D eigenvalue weighted by molar-refractivity contribution is 9.09. The molecule has 0 spiro atoms. The molecule has 12 heavy (non-hydrogen) atoms. The molecule has 2 aliphatic rings. The quantitative estimate of drug-likeness (QED) is 0.681. The van der Waals surface area contributed by atoms with E-state index in [9.17, 15) is 0 Å². The summed E-state index contributed by atoms with van der Waals surface area (Å²) in [5.41, 5.74) is 0. The molecule has 0 bridgehead atoms. The third kappa shape index (κ3) is 1.83. The molecule has 2 rings (SSSR count). The summed E-state index contributed by atoms with van der Waals surface area (Å²) in [4.78, 5) is 0. The zero-order valence-electron chi connectivity index (χ0n) is 7.17. The van der Waals surface area contributed by atoms with Crippen LogP contribution in [0.1, 0.15) is 19.3 Å². The number of hydrogen-bond donors (Lipinski definition) is 0. The van der Waals surface area contributed by atoms with E-state index in [4.69, 9.17) is 9.47 Å². The fraction of sp³-hybridized carbons (Fsp3) is 1.00. The van der Waals surface area contributed by atoms with Gasteiger partial charge in [-0.15, -0.1) is 0 Å². The summed E-state index contributed by atoms with van der Waals surface area (Å²) in [7, 11) is 0. The lowest BCUT2D eigenvalue weighted by Crippen LogP contribution is -2.21. The van der Waals surface area contributed by atoms with E-state index in [0.717, 1.165) is 18.5 Å². The smallest absolute Gasteiger partial charge is 0.0676 e. The Morgan fingerprint density at radius 2 is 2.17 bits per heavy atom. The van der Waals surface area contributed by atoms with E-state index in [1.54, 1.807) is 0 Å². The van der Waals surface area contributed by atoms with Crippen molar-refractivity contribution >= 4 is 15.9 Å². The molecule has 0 aliphatic carbocycles. The first kappa shape index (κ1) is 8.97. The van der Waals surface area contributed by atoms with Crippen molar-refractivity contribution < 1.29 is 9.47 Å². The molecule has 70 valence electrons. The van der Waals surface area contributed by atoms with E-state index < -0.39 is 0 Å². The lowest BCUT2D eigenvalue weighted by Gasteiger charge is -2.16. The zero-order chi connectivity index (χ0) is 8.39. The Labute approximate surface area is 81.7 Å². The normalized spacial score (nSPS) is 42.2. The van der Waals surface area contributed by atoms with Gasteiger partial charge in [-0.3, -0.25) is 0 Å². The molecule has 3 atom stereocenters. The molecule has 0 radical (unpaired) electrons. The molecule has 3 unspecified atom stereocenters. The van der Waals surface area contributed by atoms with E-state index >= 15 is 0 Å². The summed E-state index contributed by atoms with van der Waals surface area (Å²) in [6.45, 7) is 1.85. The van der Waals surface area contributed by atoms with E-state index in [1.165, 1.54) is 19.3 Å². The van der Waals surface area contributed by atoms with Gasteiger partial charge in [-0.25, -0.2) is 0 Å². The third-order valence-corrected chi connectivity index (χ3v) is 3.53. The Hall–Kier alpha value is 0.400. The van der Waals surface area contributed by atoms with Crippen LogP contribution in [0, 0.1) is 5.92 Å². The summed E-state index contributed by atoms with van der Waals surface area (Å²) in [6, 6.07) is 0. The molecule has 2 heterocycles. The molecule has 0 aromatic rings. The van der Waals surface area contributed by atoms with Crippen molar-refractivity contribution in [1.82, 2.24) is 0 Å². The number of rotatable bonds is 2. The fourth-order valence-electron chi connectivity index (χ4n) is 2.04. The van der Waals surface area contributed by atoms with Crippen LogP contribution in [0.4, 0.5) is 0 Å². The predicted octanol–water partition coefficient (Wildman–Crippen LogP) is 1.97. The van der Waals surface area contributed by atoms with E-state index in [1.807, 2.05) is 0 Å². The second kappa shape index (κ2) is 4.07. The van der Waals surface area contributed by atoms with Gasteiger partial charge in [0, 0.05) is 17.9 Å². The van der Waals surface area contributed by atoms with Gasteiger partial charge in [0.25, 0.3) is 0 Å². The van der Waals surface area contributed by atoms with Crippen LogP contribution in [0.25, 0.3) is 0 Å². The summed E-state index contributed by atoms with van der Waals surface area (Å²) in [5.74, 6) is 0.675. The first-order valence-electron chi connectivity index (χ1n) is 4.69. The van der Waals surface area contributed by atoms with Crippen LogP contribution in [-0.2, 0) is 9.47 Å². The van der Waals surface area contributed by atoms with Gasteiger partial charge in [0.15, 0.2) is 0 Å². The number of alkyl halides is 1. The Kier molecular flexibility index (Phi) is 3.05. The molecule has 2 aliphatic heterocycles. The van der Waals surface area contributed by atoms with Crippen molar-refractivity contribution in [3.63, 3.8) is 0 Å². The molecule has 2 saturated heterocycles. The highest BCUT2D eigenvalue weighted by Gasteiger charge is 2.32. The fourth-order valence-corrected chi connectivity index (χ4v) is 2.52. The Morgan fingerprint density at radius 1 is 1.25 bits per heavy atom. The van der Waals surface area contributed by atoms with Gasteiger partial charge in [-0.1, -0.05) is 15.9 Å². The van der Waals surface area contributed by atoms with Crippen LogP contribution in [0.15, 0.2) is 0 Å². The first-order chi connectivity index (χ1) is 5.90. The molecule has 2 fully saturated rings. The topological polar surface area (TPSA) is 18.5 Å². The number of halogens is 1. The number of hydrogen-bond acceptors (Lipinski definition) is 2. The highest BCUT2D eigenvalue weighted by atomic mass is 79.9. The third-order valence-electron chi connectivity index (χ3n) is 2.80. The minimum Gasteiger partial charge on any atom is -0.381 e. The van der Waals surface area contributed by atoms with Gasteiger partial charge in [-0.05, 0) is 19.3 Å². The molecule has 0 aromatic carbocycles. The summed E-state index contributed by atoms with van der Waals surface area (Å²) >= 11 is 3.46. The van der Waals surface area contributed by atoms with Crippen molar-refractivity contribution in [3.05, 3.63) is 0 Å². The van der Waals surface area contributed by atoms with Crippen molar-refractivity contribution in [2.45, 2.75) is 31.5 Å². The SMILES string of the molecule is BrCC1CCC(C2CCOC2)O1. The van der Waals surface area contributed by atoms with Crippen LogP contribution in [-0.4, -0.2) is 30.8 Å². The van der Waals surface area contributed by atoms with Gasteiger partial charge >= 0.3 is 0 Å². The maximum Gasteiger partial charge on any atom is 0.0676 e. The van der Waals surface area contributed by atoms with Crippen LogP contribution >= 0.6 is 15.9 Å². The monoisotopic (exact) mass is 234 g/mol. The Bertz CT molecular complexity index is 145. The van der Waals surface area contributed by atoms with Crippen LogP contribution in [0.3, 0.4) is 0 Å². The van der Waals surface area contributed by atoms with Gasteiger partial charge in [0.05, 0.1) is 18.8 Å². The summed E-state index contributed by atoms with van der Waals surface area (Å²) < 4.78 is 11.2. The molecule has 0 saturated carbocycles. The van der Waals surface area contributed by atoms with E-state index in [0.29, 0.717) is 18.1 Å². The minimum absolute atomic E-state index is 0.454. The summed E-state index contributed by atoms with van der Waals surface area (Å²) in [6.07, 6.45) is 4.57. The molecule has 0 amide bonds. The molecular weight excluding hydrogens is 220 g/mol. The standard InChI is InChI=1S/C9H15BrO2/c10-5-8-1-2-9(12-8)7-3-4-11-6-7/h7-9H,1-6H2. The lowest BCUT2D eigenvalue weighted by atomic mass is 9.99. The van der Waals surface area contributed by atoms with Crippen LogP contribution < -0.4 is 0 Å². The molecule has 2 nitrogen and oxygen atoms in total. The molecular formula is C9H15BrO2. The van der Waals surface area contributed by atoms with Crippen molar-refractivity contribution in [1.29, 1.82) is 0 Å². The van der Waals surface area contributed by atoms with Crippen LogP contribution in [0.5, 0.6) is 0 Å². The second-order valence-corrected chi connectivity index (χ2v) is 4.30. The highest BCUT2D eigenvalue weighted by Crippen LogP contribution is 2.30. The zero-order valence-corrected chi connectivity index (χ0v) is 8.76. The maximum atomic E-state index is 5.87. The summed E-state index contributed by atoms with van der Waals surface area (Å²) in [5, 5.41) is 0.983. The average Bonchev–Trinajstić information content (AvgIpc) is 2.75. The molecule has 3 heteroatoms. The largest absolute Gasteiger partial charge is 0.381 e. The van der Waals surface area contributed by atoms with Gasteiger partial charge in [0.1, 0.15) is 0 Å². The minimum atomic E-state index is 0.454. The van der Waals surface area contributed by atoms with E-state index in [-0.39, 0.29) is 0 Å². The van der Waals surface area contributed by atoms with Crippen molar-refractivity contribution in [2.75, 3.05) is 18.5 Å². The maximum absolute atomic E-state index is 5.87. The molecule has 0 aromatic heterocycles. The van der Waals surface area contributed by atoms with Crippen molar-refractivity contribution in [2.24, 2.45) is 5.92 Å². The average molecular weight is 235 g/mol. The molecule has 0 N–H and O–H groups in total. The number of ether oxygens (including phenoxy) is 2. The van der Waals surface area contributed by atoms with Gasteiger partial charge < -0.3 is 9.47 Å². The predicted molar refractivity (Wildman–Crippen MR) is 50.6 cm³/mol. The van der Waals surface area contributed by atoms with Crippen molar-refractivity contribution in [3.8, 4) is 0 Å². The van der Waals surface area contributed by atoms with Gasteiger partial charge in [-0.2, -0.15) is 0 Å². The van der Waals surface area contributed by atoms with Crippen LogP contribution in [0.2, 0.25) is 0 Å². The first-order valence-corrected chi connectivity index (χ1v) is 5.81. The Balaban J connectivity index is 1.81. The lowest BCUT2D eigenvalue weighted by molar-refractivity contribution is 0.0183. The van der Waals surface area contributed by atoms with E-state index in [2.05, 4.69) is 15.9 Å². The van der Waals surface area contributed by atoms with Gasteiger partial charge in [0.2, 0.25) is 0 Å². The second-order valence-electron chi connectivity index (χ2n) is 3.65. The Morgan fingerprint density at radius 3 is 2.75 bits per heavy atom.